The Morgan fingerprint density at radius 1 is 1.06 bits per heavy atom. The van der Waals surface area contributed by atoms with Crippen molar-refractivity contribution in [2.24, 2.45) is 17.3 Å². The van der Waals surface area contributed by atoms with E-state index < -0.39 is 11.0 Å². The number of hydrogen-bond acceptors (Lipinski definition) is 7. The van der Waals surface area contributed by atoms with Crippen molar-refractivity contribution in [2.75, 3.05) is 18.0 Å². The fourth-order valence-electron chi connectivity index (χ4n) is 5.54. The van der Waals surface area contributed by atoms with E-state index in [1.54, 1.807) is 12.5 Å². The standard InChI is InChI=1S/C24H27N7O/c1-15-10-30(11-16(2)22(15,3)32)20-7-21(28-14-27-20)31-18-6-19(26-8-17(18)9-29-31)24(13-25)12-23(24)4-5-23/h6-9,14-16,32H,4-5,10-12H2,1-3H3/t15-,16+,22-,24?. The second kappa shape index (κ2) is 6.26. The van der Waals surface area contributed by atoms with Crippen LogP contribution in [-0.2, 0) is 5.41 Å². The molecule has 32 heavy (non-hydrogen) atoms. The highest BCUT2D eigenvalue weighted by Gasteiger charge is 2.76. The van der Waals surface area contributed by atoms with Crippen molar-refractivity contribution in [1.29, 1.82) is 5.26 Å². The molecular formula is C24H27N7O. The van der Waals surface area contributed by atoms with E-state index in [-0.39, 0.29) is 17.3 Å². The van der Waals surface area contributed by atoms with Gasteiger partial charge in [-0.2, -0.15) is 10.4 Å². The molecule has 8 heteroatoms. The average Bonchev–Trinajstić information content (AvgIpc) is 3.66. The van der Waals surface area contributed by atoms with Crippen molar-refractivity contribution >= 4 is 16.7 Å². The summed E-state index contributed by atoms with van der Waals surface area (Å²) in [5.74, 6) is 1.76. The zero-order valence-electron chi connectivity index (χ0n) is 18.7. The average molecular weight is 430 g/mol. The third-order valence-electron chi connectivity index (χ3n) is 8.48. The lowest BCUT2D eigenvalue weighted by Gasteiger charge is -2.46. The van der Waals surface area contributed by atoms with Crippen LogP contribution >= 0.6 is 0 Å². The molecule has 1 saturated heterocycles. The lowest BCUT2D eigenvalue weighted by Crippen LogP contribution is -2.55. The van der Waals surface area contributed by atoms with Crippen LogP contribution in [0.2, 0.25) is 0 Å². The van der Waals surface area contributed by atoms with E-state index in [4.69, 9.17) is 0 Å². The van der Waals surface area contributed by atoms with Crippen LogP contribution in [0.25, 0.3) is 16.7 Å². The highest BCUT2D eigenvalue weighted by Crippen LogP contribution is 2.78. The van der Waals surface area contributed by atoms with E-state index >= 15 is 0 Å². The molecule has 3 aliphatic rings. The molecule has 0 amide bonds. The lowest BCUT2D eigenvalue weighted by molar-refractivity contribution is -0.0504. The van der Waals surface area contributed by atoms with Gasteiger partial charge in [-0.3, -0.25) is 4.98 Å². The van der Waals surface area contributed by atoms with E-state index in [1.165, 1.54) is 0 Å². The number of fused-ring (bicyclic) bond motifs is 1. The topological polar surface area (TPSA) is 104 Å². The summed E-state index contributed by atoms with van der Waals surface area (Å²) in [4.78, 5) is 15.9. The van der Waals surface area contributed by atoms with Crippen molar-refractivity contribution in [3.63, 3.8) is 0 Å². The fraction of sp³-hybridized carbons (Fsp3) is 0.542. The second-order valence-electron chi connectivity index (χ2n) is 10.3. The molecule has 0 radical (unpaired) electrons. The Bertz CT molecular complexity index is 1260. The first kappa shape index (κ1) is 19.6. The van der Waals surface area contributed by atoms with Crippen LogP contribution in [0.15, 0.2) is 30.9 Å². The number of anilines is 1. The quantitative estimate of drug-likeness (QED) is 0.682. The van der Waals surface area contributed by atoms with Gasteiger partial charge in [0.25, 0.3) is 0 Å². The Labute approximate surface area is 186 Å². The summed E-state index contributed by atoms with van der Waals surface area (Å²) in [5, 5.41) is 26.1. The maximum atomic E-state index is 10.8. The Morgan fingerprint density at radius 2 is 1.78 bits per heavy atom. The molecule has 2 saturated carbocycles. The summed E-state index contributed by atoms with van der Waals surface area (Å²) in [5.41, 5.74) is 0.789. The van der Waals surface area contributed by atoms with Crippen molar-refractivity contribution < 1.29 is 5.11 Å². The highest BCUT2D eigenvalue weighted by atomic mass is 16.3. The van der Waals surface area contributed by atoms with Crippen LogP contribution in [0.5, 0.6) is 0 Å². The molecule has 164 valence electrons. The molecule has 1 unspecified atom stereocenters. The SMILES string of the molecule is C[C@@H]1CN(c2cc(-n3ncc4cnc(C5(C#N)CC56CC6)cc43)ncn2)C[C@H](C)[C@]1(C)O. The first-order valence-corrected chi connectivity index (χ1v) is 11.3. The van der Waals surface area contributed by atoms with Crippen LogP contribution in [0.3, 0.4) is 0 Å². The lowest BCUT2D eigenvalue weighted by atomic mass is 9.76. The largest absolute Gasteiger partial charge is 0.389 e. The van der Waals surface area contributed by atoms with Crippen LogP contribution < -0.4 is 4.90 Å². The predicted octanol–water partition coefficient (Wildman–Crippen LogP) is 3.00. The van der Waals surface area contributed by atoms with Crippen LogP contribution in [-0.4, -0.2) is 48.5 Å². The van der Waals surface area contributed by atoms with Crippen LogP contribution in [0.1, 0.15) is 45.7 Å². The Morgan fingerprint density at radius 3 is 2.44 bits per heavy atom. The predicted molar refractivity (Wildman–Crippen MR) is 119 cm³/mol. The smallest absolute Gasteiger partial charge is 0.159 e. The minimum absolute atomic E-state index is 0.124. The molecule has 0 bridgehead atoms. The summed E-state index contributed by atoms with van der Waals surface area (Å²) in [6.07, 6.45) is 8.33. The van der Waals surface area contributed by atoms with Gasteiger partial charge in [-0.15, -0.1) is 0 Å². The molecule has 0 aromatic carbocycles. The summed E-state index contributed by atoms with van der Waals surface area (Å²) in [7, 11) is 0. The van der Waals surface area contributed by atoms with Crippen molar-refractivity contribution in [3.8, 4) is 11.9 Å². The van der Waals surface area contributed by atoms with Gasteiger partial charge in [0, 0.05) is 42.6 Å². The summed E-state index contributed by atoms with van der Waals surface area (Å²) in [6.45, 7) is 7.54. The summed E-state index contributed by atoms with van der Waals surface area (Å²) < 4.78 is 1.81. The minimum atomic E-state index is -0.688. The number of pyridine rings is 1. The van der Waals surface area contributed by atoms with E-state index in [0.717, 1.165) is 54.8 Å². The fourth-order valence-corrected chi connectivity index (χ4v) is 5.54. The number of rotatable bonds is 3. The maximum Gasteiger partial charge on any atom is 0.159 e. The van der Waals surface area contributed by atoms with Crippen molar-refractivity contribution in [3.05, 3.63) is 36.5 Å². The van der Waals surface area contributed by atoms with Gasteiger partial charge >= 0.3 is 0 Å². The highest BCUT2D eigenvalue weighted by molar-refractivity contribution is 5.80. The molecule has 4 atom stereocenters. The van der Waals surface area contributed by atoms with Gasteiger partial charge in [0.2, 0.25) is 0 Å². The van der Waals surface area contributed by atoms with Crippen LogP contribution in [0.4, 0.5) is 5.82 Å². The van der Waals surface area contributed by atoms with E-state index in [1.807, 2.05) is 29.9 Å². The van der Waals surface area contributed by atoms with Crippen LogP contribution in [0, 0.1) is 28.6 Å². The Balaban J connectivity index is 1.37. The number of piperidine rings is 1. The molecule has 8 nitrogen and oxygen atoms in total. The van der Waals surface area contributed by atoms with Gasteiger partial charge in [-0.05, 0) is 37.7 Å². The van der Waals surface area contributed by atoms with Gasteiger partial charge in [-0.25, -0.2) is 14.6 Å². The summed E-state index contributed by atoms with van der Waals surface area (Å²) >= 11 is 0. The van der Waals surface area contributed by atoms with Gasteiger partial charge in [0.1, 0.15) is 17.6 Å². The minimum Gasteiger partial charge on any atom is -0.389 e. The van der Waals surface area contributed by atoms with Gasteiger partial charge in [-0.1, -0.05) is 13.8 Å². The normalized spacial score (nSPS) is 32.8. The Kier molecular flexibility index (Phi) is 3.84. The molecule has 1 spiro atoms. The molecule has 3 aromatic heterocycles. The first-order valence-electron chi connectivity index (χ1n) is 11.3. The number of nitriles is 1. The van der Waals surface area contributed by atoms with Crippen molar-refractivity contribution in [2.45, 2.75) is 51.0 Å². The molecule has 2 aliphatic carbocycles. The van der Waals surface area contributed by atoms with Gasteiger partial charge in [0.15, 0.2) is 5.82 Å². The molecule has 6 rings (SSSR count). The monoisotopic (exact) mass is 429 g/mol. The van der Waals surface area contributed by atoms with Gasteiger partial charge in [0.05, 0.1) is 29.1 Å². The van der Waals surface area contributed by atoms with Crippen molar-refractivity contribution in [1.82, 2.24) is 24.7 Å². The number of hydrogen-bond donors (Lipinski definition) is 1. The number of nitrogens with zero attached hydrogens (tertiary/aromatic N) is 7. The second-order valence-corrected chi connectivity index (χ2v) is 10.3. The number of aromatic nitrogens is 5. The molecule has 1 aliphatic heterocycles. The third-order valence-corrected chi connectivity index (χ3v) is 8.48. The molecule has 1 N–H and O–H groups in total. The molecule has 4 heterocycles. The first-order chi connectivity index (χ1) is 15.3. The maximum absolute atomic E-state index is 10.8. The summed E-state index contributed by atoms with van der Waals surface area (Å²) in [6, 6.07) is 6.53. The van der Waals surface area contributed by atoms with E-state index in [0.29, 0.717) is 5.82 Å². The Hall–Kier alpha value is -3.05. The number of aliphatic hydroxyl groups is 1. The van der Waals surface area contributed by atoms with E-state index in [2.05, 4.69) is 44.9 Å². The van der Waals surface area contributed by atoms with E-state index in [9.17, 15) is 10.4 Å². The molecular weight excluding hydrogens is 402 g/mol. The zero-order chi connectivity index (χ0) is 22.3. The molecule has 3 aromatic rings. The molecule has 3 fully saturated rings. The van der Waals surface area contributed by atoms with Gasteiger partial charge < -0.3 is 10.0 Å². The zero-order valence-corrected chi connectivity index (χ0v) is 18.7. The third kappa shape index (κ3) is 2.58.